The van der Waals surface area contributed by atoms with E-state index in [9.17, 15) is 4.79 Å². The molecule has 0 spiro atoms. The highest BCUT2D eigenvalue weighted by Crippen LogP contribution is 2.31. The summed E-state index contributed by atoms with van der Waals surface area (Å²) >= 11 is 0. The smallest absolute Gasteiger partial charge is 0.351 e. The topological polar surface area (TPSA) is 62.1 Å². The number of ether oxygens (including phenoxy) is 1. The summed E-state index contributed by atoms with van der Waals surface area (Å²) in [4.78, 5) is 11.7. The molecule has 2 rings (SSSR count). The first-order chi connectivity index (χ1) is 9.17. The van der Waals surface area contributed by atoms with Gasteiger partial charge in [-0.3, -0.25) is 0 Å². The molecule has 0 bridgehead atoms. The molecule has 0 saturated carbocycles. The third-order valence-corrected chi connectivity index (χ3v) is 2.84. The van der Waals surface area contributed by atoms with Crippen molar-refractivity contribution < 1.29 is 9.53 Å². The van der Waals surface area contributed by atoms with Gasteiger partial charge in [0, 0.05) is 11.3 Å². The average Bonchev–Trinajstić information content (AvgIpc) is 2.40. The van der Waals surface area contributed by atoms with E-state index >= 15 is 0 Å². The van der Waals surface area contributed by atoms with E-state index in [0.717, 1.165) is 16.8 Å². The van der Waals surface area contributed by atoms with Crippen molar-refractivity contribution in [3.8, 4) is 6.07 Å². The number of hydrogen-bond donors (Lipinski definition) is 1. The number of anilines is 1. The van der Waals surface area contributed by atoms with Crippen LogP contribution in [0.15, 0.2) is 41.6 Å². The lowest BCUT2D eigenvalue weighted by Gasteiger charge is -2.20. The van der Waals surface area contributed by atoms with Crippen LogP contribution in [0.1, 0.15) is 19.4 Å². The van der Waals surface area contributed by atoms with Crippen molar-refractivity contribution in [1.29, 1.82) is 5.26 Å². The Bertz CT molecular complexity index is 621. The molecule has 1 aromatic carbocycles. The Morgan fingerprint density at radius 1 is 1.42 bits per heavy atom. The number of para-hydroxylation sites is 1. The maximum Gasteiger partial charge on any atom is 0.351 e. The second-order valence-corrected chi connectivity index (χ2v) is 4.12. The molecule has 0 radical (unpaired) electrons. The lowest BCUT2D eigenvalue weighted by Crippen LogP contribution is -2.14. The number of nitrogens with zero attached hydrogens (tertiary/aromatic N) is 1. The van der Waals surface area contributed by atoms with Crippen LogP contribution in [0.2, 0.25) is 0 Å². The van der Waals surface area contributed by atoms with E-state index in [-0.39, 0.29) is 12.2 Å². The van der Waals surface area contributed by atoms with E-state index in [2.05, 4.69) is 5.32 Å². The summed E-state index contributed by atoms with van der Waals surface area (Å²) in [5.74, 6) is -0.601. The molecule has 1 N–H and O–H groups in total. The minimum atomic E-state index is -0.601. The monoisotopic (exact) mass is 254 g/mol. The molecule has 4 heteroatoms. The van der Waals surface area contributed by atoms with Crippen molar-refractivity contribution in [2.24, 2.45) is 0 Å². The van der Waals surface area contributed by atoms with Crippen LogP contribution in [0.4, 0.5) is 5.69 Å². The number of nitriles is 1. The Morgan fingerprint density at radius 2 is 2.16 bits per heavy atom. The van der Waals surface area contributed by atoms with Gasteiger partial charge in [0.05, 0.1) is 12.3 Å². The SMILES string of the molecule is CCOC(=O)C(C#N)=C1C=C(C)c2ccccc2N1. The zero-order valence-corrected chi connectivity index (χ0v) is 10.9. The van der Waals surface area contributed by atoms with E-state index in [4.69, 9.17) is 10.00 Å². The first-order valence-electron chi connectivity index (χ1n) is 6.03. The number of fused-ring (bicyclic) bond motifs is 1. The maximum absolute atomic E-state index is 11.7. The molecule has 0 aromatic heterocycles. The molecule has 1 heterocycles. The second-order valence-electron chi connectivity index (χ2n) is 4.12. The van der Waals surface area contributed by atoms with Crippen LogP contribution in [-0.4, -0.2) is 12.6 Å². The van der Waals surface area contributed by atoms with E-state index in [1.54, 1.807) is 13.0 Å². The summed E-state index contributed by atoms with van der Waals surface area (Å²) in [6.45, 7) is 3.90. The normalized spacial score (nSPS) is 15.5. The summed E-state index contributed by atoms with van der Waals surface area (Å²) in [6, 6.07) is 9.65. The highest BCUT2D eigenvalue weighted by molar-refractivity contribution is 5.97. The predicted octanol–water partition coefficient (Wildman–Crippen LogP) is 2.86. The van der Waals surface area contributed by atoms with Gasteiger partial charge in [-0.05, 0) is 31.6 Å². The van der Waals surface area contributed by atoms with Gasteiger partial charge in [0.15, 0.2) is 5.57 Å². The Hall–Kier alpha value is -2.54. The molecule has 0 aliphatic carbocycles. The van der Waals surface area contributed by atoms with Crippen LogP contribution in [-0.2, 0) is 9.53 Å². The molecule has 0 atom stereocenters. The molecule has 4 nitrogen and oxygen atoms in total. The van der Waals surface area contributed by atoms with Crippen molar-refractivity contribution in [2.75, 3.05) is 11.9 Å². The van der Waals surface area contributed by atoms with E-state index in [0.29, 0.717) is 5.70 Å². The fourth-order valence-electron chi connectivity index (χ4n) is 1.97. The van der Waals surface area contributed by atoms with Crippen LogP contribution in [0.25, 0.3) is 5.57 Å². The third kappa shape index (κ3) is 2.50. The summed E-state index contributed by atoms with van der Waals surface area (Å²) in [5, 5.41) is 12.2. The van der Waals surface area contributed by atoms with Crippen molar-refractivity contribution in [2.45, 2.75) is 13.8 Å². The molecule has 0 saturated heterocycles. The van der Waals surface area contributed by atoms with Crippen molar-refractivity contribution in [3.63, 3.8) is 0 Å². The van der Waals surface area contributed by atoms with Crippen molar-refractivity contribution in [1.82, 2.24) is 0 Å². The van der Waals surface area contributed by atoms with Gasteiger partial charge in [0.2, 0.25) is 0 Å². The number of rotatable bonds is 2. The van der Waals surface area contributed by atoms with Crippen molar-refractivity contribution in [3.05, 3.63) is 47.2 Å². The summed E-state index contributed by atoms with van der Waals surface area (Å²) in [5.41, 5.74) is 3.43. The molecule has 1 aliphatic rings. The van der Waals surface area contributed by atoms with Crippen LogP contribution >= 0.6 is 0 Å². The van der Waals surface area contributed by atoms with E-state index in [1.807, 2.05) is 37.3 Å². The number of nitrogens with one attached hydrogen (secondary N) is 1. The molecule has 0 fully saturated rings. The fourth-order valence-corrected chi connectivity index (χ4v) is 1.97. The van der Waals surface area contributed by atoms with Gasteiger partial charge in [-0.25, -0.2) is 4.79 Å². The minimum Gasteiger partial charge on any atom is -0.462 e. The predicted molar refractivity (Wildman–Crippen MR) is 73.0 cm³/mol. The lowest BCUT2D eigenvalue weighted by molar-refractivity contribution is -0.138. The lowest BCUT2D eigenvalue weighted by atomic mass is 9.99. The first kappa shape index (κ1) is 12.9. The van der Waals surface area contributed by atoms with Crippen molar-refractivity contribution >= 4 is 17.2 Å². The number of benzene rings is 1. The Morgan fingerprint density at radius 3 is 2.84 bits per heavy atom. The molecule has 96 valence electrons. The highest BCUT2D eigenvalue weighted by Gasteiger charge is 2.19. The summed E-state index contributed by atoms with van der Waals surface area (Å²) in [6.07, 6.45) is 1.79. The van der Waals surface area contributed by atoms with Gasteiger partial charge >= 0.3 is 5.97 Å². The number of carbonyl (C=O) groups excluding carboxylic acids is 1. The minimum absolute atomic E-state index is 0.00398. The van der Waals surface area contributed by atoms with Crippen LogP contribution in [0.3, 0.4) is 0 Å². The molecule has 0 unspecified atom stereocenters. The van der Waals surface area contributed by atoms with Gasteiger partial charge in [0.25, 0.3) is 0 Å². The second kappa shape index (κ2) is 5.40. The molecule has 1 aliphatic heterocycles. The molecular weight excluding hydrogens is 240 g/mol. The van der Waals surface area contributed by atoms with Crippen LogP contribution < -0.4 is 5.32 Å². The Kier molecular flexibility index (Phi) is 3.67. The summed E-state index contributed by atoms with van der Waals surface area (Å²) in [7, 11) is 0. The average molecular weight is 254 g/mol. The first-order valence-corrected chi connectivity index (χ1v) is 6.03. The van der Waals surface area contributed by atoms with E-state index < -0.39 is 5.97 Å². The Balaban J connectivity index is 2.47. The summed E-state index contributed by atoms with van der Waals surface area (Å²) < 4.78 is 4.88. The van der Waals surface area contributed by atoms with Crippen LogP contribution in [0.5, 0.6) is 0 Å². The maximum atomic E-state index is 11.7. The van der Waals surface area contributed by atoms with Gasteiger partial charge < -0.3 is 10.1 Å². The number of allylic oxidation sites excluding steroid dienone is 2. The zero-order chi connectivity index (χ0) is 13.8. The van der Waals surface area contributed by atoms with Gasteiger partial charge in [-0.2, -0.15) is 5.26 Å². The van der Waals surface area contributed by atoms with Gasteiger partial charge in [-0.1, -0.05) is 18.2 Å². The fraction of sp³-hybridized carbons (Fsp3) is 0.200. The largest absolute Gasteiger partial charge is 0.462 e. The zero-order valence-electron chi connectivity index (χ0n) is 10.9. The number of esters is 1. The Labute approximate surface area is 112 Å². The molecule has 1 aromatic rings. The molecule has 19 heavy (non-hydrogen) atoms. The quantitative estimate of drug-likeness (QED) is 0.501. The van der Waals surface area contributed by atoms with E-state index in [1.165, 1.54) is 0 Å². The molecular formula is C15H14N2O2. The molecule has 0 amide bonds. The number of carbonyl (C=O) groups is 1. The standard InChI is InChI=1S/C15H14N2O2/c1-3-19-15(18)12(9-16)14-8-10(2)11-6-4-5-7-13(11)17-14/h4-8,17H,3H2,1-2H3. The number of hydrogen-bond acceptors (Lipinski definition) is 4. The highest BCUT2D eigenvalue weighted by atomic mass is 16.5. The van der Waals surface area contributed by atoms with Gasteiger partial charge in [0.1, 0.15) is 6.07 Å². The van der Waals surface area contributed by atoms with Crippen LogP contribution in [0, 0.1) is 11.3 Å². The van der Waals surface area contributed by atoms with Gasteiger partial charge in [-0.15, -0.1) is 0 Å². The third-order valence-electron chi connectivity index (χ3n) is 2.84.